The molecule has 6 heteroatoms. The molecule has 112 valence electrons. The Bertz CT molecular complexity index is 761. The summed E-state index contributed by atoms with van der Waals surface area (Å²) in [5, 5.41) is 9.45. The third-order valence-corrected chi connectivity index (χ3v) is 3.15. The molecule has 1 amide bonds. The van der Waals surface area contributed by atoms with Crippen LogP contribution in [0, 0.1) is 6.92 Å². The average Bonchev–Trinajstić information content (AvgIpc) is 3.15. The number of rotatable bonds is 5. The number of aryl methyl sites for hydroxylation is 2. The van der Waals surface area contributed by atoms with Gasteiger partial charge >= 0.3 is 0 Å². The molecule has 1 aromatic carbocycles. The lowest BCUT2D eigenvalue weighted by Crippen LogP contribution is -2.12. The molecule has 0 fully saturated rings. The molecule has 0 saturated heterocycles. The Morgan fingerprint density at radius 3 is 2.86 bits per heavy atom. The maximum Gasteiger partial charge on any atom is 0.226 e. The molecule has 3 aromatic rings. The van der Waals surface area contributed by atoms with Gasteiger partial charge in [0.25, 0.3) is 0 Å². The highest BCUT2D eigenvalue weighted by Gasteiger charge is 2.10. The minimum atomic E-state index is -0.119. The van der Waals surface area contributed by atoms with Crippen LogP contribution in [0.2, 0.25) is 0 Å². The Kier molecular flexibility index (Phi) is 4.00. The fourth-order valence-corrected chi connectivity index (χ4v) is 2.07. The molecule has 0 bridgehead atoms. The van der Waals surface area contributed by atoms with Crippen molar-refractivity contribution in [3.05, 3.63) is 54.2 Å². The van der Waals surface area contributed by atoms with E-state index < -0.39 is 0 Å². The van der Waals surface area contributed by atoms with Crippen LogP contribution >= 0.6 is 0 Å². The Morgan fingerprint density at radius 2 is 2.14 bits per heavy atom. The van der Waals surface area contributed by atoms with Crippen LogP contribution in [0.1, 0.15) is 18.0 Å². The second-order valence-corrected chi connectivity index (χ2v) is 4.97. The first-order valence-electron chi connectivity index (χ1n) is 7.03. The van der Waals surface area contributed by atoms with Crippen LogP contribution < -0.4 is 5.32 Å². The van der Waals surface area contributed by atoms with Crippen molar-refractivity contribution in [3.8, 4) is 11.3 Å². The normalized spacial score (nSPS) is 10.6. The molecule has 0 aliphatic heterocycles. The van der Waals surface area contributed by atoms with Gasteiger partial charge in [-0.15, -0.1) is 0 Å². The summed E-state index contributed by atoms with van der Waals surface area (Å²) in [6, 6.07) is 11.5. The van der Waals surface area contributed by atoms with Gasteiger partial charge in [-0.2, -0.15) is 5.10 Å². The number of nitrogens with zero attached hydrogens (tertiary/aromatic N) is 2. The Balaban J connectivity index is 1.56. The molecule has 6 nitrogen and oxygen atoms in total. The lowest BCUT2D eigenvalue weighted by Gasteiger charge is -1.99. The number of hydrogen-bond acceptors (Lipinski definition) is 4. The lowest BCUT2D eigenvalue weighted by atomic mass is 10.2. The molecule has 3 rings (SSSR count). The zero-order valence-electron chi connectivity index (χ0n) is 12.2. The van der Waals surface area contributed by atoms with Gasteiger partial charge in [0.1, 0.15) is 0 Å². The van der Waals surface area contributed by atoms with Crippen molar-refractivity contribution < 1.29 is 9.21 Å². The van der Waals surface area contributed by atoms with Crippen molar-refractivity contribution in [3.63, 3.8) is 0 Å². The first kappa shape index (κ1) is 14.1. The number of hydrogen-bond donors (Lipinski definition) is 2. The largest absolute Gasteiger partial charge is 0.441 e. The molecule has 0 aliphatic rings. The maximum absolute atomic E-state index is 11.8. The number of nitrogens with one attached hydrogen (secondary N) is 2. The highest BCUT2D eigenvalue weighted by Crippen LogP contribution is 2.20. The standard InChI is InChI=1S/C16H16N4O2/c1-11-9-14(20-19-11)18-15(21)7-8-16-17-10-13(22-16)12-5-3-2-4-6-12/h2-6,9-10H,7-8H2,1H3,(H2,18,19,20,21). The van der Waals surface area contributed by atoms with Gasteiger partial charge < -0.3 is 9.73 Å². The van der Waals surface area contributed by atoms with E-state index in [2.05, 4.69) is 20.5 Å². The van der Waals surface area contributed by atoms with Crippen LogP contribution in [-0.2, 0) is 11.2 Å². The van der Waals surface area contributed by atoms with Crippen molar-refractivity contribution in [1.82, 2.24) is 15.2 Å². The first-order chi connectivity index (χ1) is 10.7. The van der Waals surface area contributed by atoms with Crippen LogP contribution in [0.15, 0.2) is 47.0 Å². The quantitative estimate of drug-likeness (QED) is 0.758. The van der Waals surface area contributed by atoms with E-state index in [1.165, 1.54) is 0 Å². The predicted octanol–water partition coefficient (Wildman–Crippen LogP) is 2.94. The van der Waals surface area contributed by atoms with E-state index in [1.54, 1.807) is 12.3 Å². The summed E-state index contributed by atoms with van der Waals surface area (Å²) < 4.78 is 5.66. The molecule has 0 radical (unpaired) electrons. The minimum Gasteiger partial charge on any atom is -0.441 e. The molecular weight excluding hydrogens is 280 g/mol. The van der Waals surface area contributed by atoms with Gasteiger partial charge in [0.05, 0.1) is 6.20 Å². The van der Waals surface area contributed by atoms with Crippen LogP contribution in [0.5, 0.6) is 0 Å². The Labute approximate surface area is 127 Å². The fourth-order valence-electron chi connectivity index (χ4n) is 2.07. The monoisotopic (exact) mass is 296 g/mol. The topological polar surface area (TPSA) is 83.8 Å². The van der Waals surface area contributed by atoms with Gasteiger partial charge in [-0.25, -0.2) is 4.98 Å². The first-order valence-corrected chi connectivity index (χ1v) is 7.03. The van der Waals surface area contributed by atoms with Crippen molar-refractivity contribution >= 4 is 11.7 Å². The van der Waals surface area contributed by atoms with E-state index in [9.17, 15) is 4.79 Å². The maximum atomic E-state index is 11.8. The zero-order valence-corrected chi connectivity index (χ0v) is 12.2. The van der Waals surface area contributed by atoms with Crippen LogP contribution in [-0.4, -0.2) is 21.1 Å². The van der Waals surface area contributed by atoms with Crippen molar-refractivity contribution in [2.24, 2.45) is 0 Å². The lowest BCUT2D eigenvalue weighted by molar-refractivity contribution is -0.116. The molecule has 0 spiro atoms. The number of benzene rings is 1. The summed E-state index contributed by atoms with van der Waals surface area (Å²) in [7, 11) is 0. The number of aromatic nitrogens is 3. The van der Waals surface area contributed by atoms with Gasteiger partial charge in [-0.1, -0.05) is 30.3 Å². The van der Waals surface area contributed by atoms with Crippen molar-refractivity contribution in [1.29, 1.82) is 0 Å². The number of carbonyl (C=O) groups excluding carboxylic acids is 1. The van der Waals surface area contributed by atoms with Gasteiger partial charge in [-0.05, 0) is 6.92 Å². The van der Waals surface area contributed by atoms with Gasteiger partial charge in [-0.3, -0.25) is 9.89 Å². The molecule has 0 atom stereocenters. The number of oxazole rings is 1. The summed E-state index contributed by atoms with van der Waals surface area (Å²) in [5.74, 6) is 1.66. The highest BCUT2D eigenvalue weighted by atomic mass is 16.4. The molecule has 0 aliphatic carbocycles. The summed E-state index contributed by atoms with van der Waals surface area (Å²) >= 11 is 0. The van der Waals surface area contributed by atoms with Gasteiger partial charge in [0.2, 0.25) is 5.91 Å². The van der Waals surface area contributed by atoms with E-state index >= 15 is 0 Å². The van der Waals surface area contributed by atoms with E-state index in [-0.39, 0.29) is 5.91 Å². The number of H-pyrrole nitrogens is 1. The van der Waals surface area contributed by atoms with Crippen LogP contribution in [0.4, 0.5) is 5.82 Å². The summed E-state index contributed by atoms with van der Waals surface area (Å²) in [6.45, 7) is 1.88. The second kappa shape index (κ2) is 6.26. The fraction of sp³-hybridized carbons (Fsp3) is 0.188. The molecule has 0 unspecified atom stereocenters. The number of carbonyl (C=O) groups is 1. The Morgan fingerprint density at radius 1 is 1.32 bits per heavy atom. The Hall–Kier alpha value is -2.89. The van der Waals surface area contributed by atoms with Crippen molar-refractivity contribution in [2.45, 2.75) is 19.8 Å². The molecular formula is C16H16N4O2. The molecule has 2 heterocycles. The van der Waals surface area contributed by atoms with E-state index in [1.807, 2.05) is 37.3 Å². The minimum absolute atomic E-state index is 0.119. The van der Waals surface area contributed by atoms with Crippen LogP contribution in [0.25, 0.3) is 11.3 Å². The van der Waals surface area contributed by atoms with Crippen molar-refractivity contribution in [2.75, 3.05) is 5.32 Å². The average molecular weight is 296 g/mol. The number of anilines is 1. The molecule has 0 saturated carbocycles. The van der Waals surface area contributed by atoms with Gasteiger partial charge in [0, 0.05) is 30.2 Å². The van der Waals surface area contributed by atoms with E-state index in [0.717, 1.165) is 11.3 Å². The molecule has 22 heavy (non-hydrogen) atoms. The molecule has 2 N–H and O–H groups in total. The highest BCUT2D eigenvalue weighted by molar-refractivity contribution is 5.89. The summed E-state index contributed by atoms with van der Waals surface area (Å²) in [6.07, 6.45) is 2.42. The van der Waals surface area contributed by atoms with Gasteiger partial charge in [0.15, 0.2) is 17.5 Å². The third kappa shape index (κ3) is 3.41. The second-order valence-electron chi connectivity index (χ2n) is 4.97. The van der Waals surface area contributed by atoms with Crippen LogP contribution in [0.3, 0.4) is 0 Å². The molecule has 2 aromatic heterocycles. The third-order valence-electron chi connectivity index (χ3n) is 3.15. The van der Waals surface area contributed by atoms with E-state index in [4.69, 9.17) is 4.42 Å². The predicted molar refractivity (Wildman–Crippen MR) is 82.2 cm³/mol. The SMILES string of the molecule is Cc1cc(NC(=O)CCc2ncc(-c3ccccc3)o2)n[nH]1. The zero-order chi connectivity index (χ0) is 15.4. The number of aromatic amines is 1. The summed E-state index contributed by atoms with van der Waals surface area (Å²) in [4.78, 5) is 16.0. The van der Waals surface area contributed by atoms with E-state index in [0.29, 0.717) is 30.3 Å². The number of amides is 1. The summed E-state index contributed by atoms with van der Waals surface area (Å²) in [5.41, 5.74) is 1.87. The smallest absolute Gasteiger partial charge is 0.226 e.